The minimum atomic E-state index is -0.974. The van der Waals surface area contributed by atoms with Gasteiger partial charge in [-0.05, 0) is 48.9 Å². The van der Waals surface area contributed by atoms with Crippen LogP contribution in [0.1, 0.15) is 22.9 Å². The van der Waals surface area contributed by atoms with Crippen molar-refractivity contribution in [3.63, 3.8) is 0 Å². The van der Waals surface area contributed by atoms with E-state index >= 15 is 0 Å². The number of benzene rings is 2. The smallest absolute Gasteiger partial charge is 0.301 e. The SMILES string of the molecule is C=CCOc1ccc(C2C(=C(O)c3ccc(F)cc3)C(=O)C(=O)N2c2cc(C)on2)cc1. The van der Waals surface area contributed by atoms with Crippen molar-refractivity contribution in [2.45, 2.75) is 13.0 Å². The molecule has 1 aliphatic heterocycles. The molecule has 0 radical (unpaired) electrons. The lowest BCUT2D eigenvalue weighted by Crippen LogP contribution is -2.29. The largest absolute Gasteiger partial charge is 0.507 e. The van der Waals surface area contributed by atoms with Gasteiger partial charge in [0.25, 0.3) is 5.78 Å². The summed E-state index contributed by atoms with van der Waals surface area (Å²) in [5, 5.41) is 14.8. The predicted octanol–water partition coefficient (Wildman–Crippen LogP) is 4.31. The van der Waals surface area contributed by atoms with Crippen LogP contribution in [0.15, 0.2) is 77.3 Å². The quantitative estimate of drug-likeness (QED) is 0.269. The summed E-state index contributed by atoms with van der Waals surface area (Å²) >= 11 is 0. The van der Waals surface area contributed by atoms with Crippen LogP contribution in [0.25, 0.3) is 5.76 Å². The zero-order chi connectivity index (χ0) is 22.8. The monoisotopic (exact) mass is 434 g/mol. The van der Waals surface area contributed by atoms with Crippen molar-refractivity contribution in [1.82, 2.24) is 5.16 Å². The molecule has 8 heteroatoms. The van der Waals surface area contributed by atoms with Gasteiger partial charge < -0.3 is 14.4 Å². The van der Waals surface area contributed by atoms with E-state index in [2.05, 4.69) is 11.7 Å². The van der Waals surface area contributed by atoms with E-state index < -0.39 is 29.3 Å². The summed E-state index contributed by atoms with van der Waals surface area (Å²) in [6, 6.07) is 12.3. The van der Waals surface area contributed by atoms with E-state index in [-0.39, 0.29) is 17.0 Å². The summed E-state index contributed by atoms with van der Waals surface area (Å²) in [5.41, 5.74) is 0.609. The van der Waals surface area contributed by atoms with Crippen LogP contribution in [-0.4, -0.2) is 28.6 Å². The summed E-state index contributed by atoms with van der Waals surface area (Å²) in [4.78, 5) is 27.1. The van der Waals surface area contributed by atoms with Crippen molar-refractivity contribution in [3.05, 3.63) is 95.5 Å². The minimum absolute atomic E-state index is 0.137. The summed E-state index contributed by atoms with van der Waals surface area (Å²) in [7, 11) is 0. The van der Waals surface area contributed by atoms with Gasteiger partial charge in [0.15, 0.2) is 5.82 Å². The molecule has 0 aliphatic carbocycles. The molecule has 1 aromatic heterocycles. The molecule has 2 aromatic carbocycles. The Labute approximate surface area is 183 Å². The number of amides is 1. The molecule has 2 heterocycles. The normalized spacial score (nSPS) is 17.6. The van der Waals surface area contributed by atoms with Crippen LogP contribution in [-0.2, 0) is 9.59 Å². The molecule has 1 fully saturated rings. The van der Waals surface area contributed by atoms with E-state index in [0.29, 0.717) is 23.7 Å². The number of halogens is 1. The van der Waals surface area contributed by atoms with Gasteiger partial charge in [0, 0.05) is 11.6 Å². The number of anilines is 1. The number of hydrogen-bond donors (Lipinski definition) is 1. The molecule has 1 atom stereocenters. The first-order chi connectivity index (χ1) is 15.4. The molecule has 0 saturated carbocycles. The van der Waals surface area contributed by atoms with Gasteiger partial charge >= 0.3 is 5.91 Å². The number of ketones is 1. The molecular formula is C24H19FN2O5. The molecule has 3 aromatic rings. The Bertz CT molecular complexity index is 1210. The van der Waals surface area contributed by atoms with Crippen LogP contribution in [0.4, 0.5) is 10.2 Å². The van der Waals surface area contributed by atoms with Gasteiger partial charge in [-0.2, -0.15) is 0 Å². The summed E-state index contributed by atoms with van der Waals surface area (Å²) in [6.45, 7) is 5.58. The molecule has 1 N–H and O–H groups in total. The molecule has 162 valence electrons. The van der Waals surface area contributed by atoms with Gasteiger partial charge in [0.1, 0.15) is 29.7 Å². The first-order valence-corrected chi connectivity index (χ1v) is 9.74. The second-order valence-electron chi connectivity index (χ2n) is 7.14. The van der Waals surface area contributed by atoms with Gasteiger partial charge in [-0.15, -0.1) is 0 Å². The fourth-order valence-corrected chi connectivity index (χ4v) is 3.52. The fourth-order valence-electron chi connectivity index (χ4n) is 3.52. The van der Waals surface area contributed by atoms with Crippen molar-refractivity contribution in [3.8, 4) is 5.75 Å². The highest BCUT2D eigenvalue weighted by Crippen LogP contribution is 2.42. The number of aliphatic hydroxyl groups excluding tert-OH is 1. The van der Waals surface area contributed by atoms with Crippen LogP contribution < -0.4 is 9.64 Å². The lowest BCUT2D eigenvalue weighted by atomic mass is 9.95. The third-order valence-electron chi connectivity index (χ3n) is 4.99. The van der Waals surface area contributed by atoms with Crippen molar-refractivity contribution in [2.75, 3.05) is 11.5 Å². The van der Waals surface area contributed by atoms with E-state index in [1.54, 1.807) is 37.3 Å². The van der Waals surface area contributed by atoms with Gasteiger partial charge in [-0.3, -0.25) is 14.5 Å². The Balaban J connectivity index is 1.86. The van der Waals surface area contributed by atoms with E-state index in [0.717, 1.165) is 12.1 Å². The van der Waals surface area contributed by atoms with Gasteiger partial charge in [0.05, 0.1) is 11.6 Å². The maximum atomic E-state index is 13.4. The van der Waals surface area contributed by atoms with E-state index in [1.165, 1.54) is 23.1 Å². The molecular weight excluding hydrogens is 415 g/mol. The van der Waals surface area contributed by atoms with E-state index in [4.69, 9.17) is 9.26 Å². The van der Waals surface area contributed by atoms with E-state index in [1.807, 2.05) is 0 Å². The molecule has 0 bridgehead atoms. The van der Waals surface area contributed by atoms with Crippen LogP contribution in [0, 0.1) is 12.7 Å². The molecule has 4 rings (SSSR count). The summed E-state index contributed by atoms with van der Waals surface area (Å²) in [5.74, 6) is -1.49. The number of carbonyl (C=O) groups excluding carboxylic acids is 2. The van der Waals surface area contributed by atoms with E-state index in [9.17, 15) is 19.1 Å². The van der Waals surface area contributed by atoms with Crippen LogP contribution in [0.5, 0.6) is 5.75 Å². The molecule has 1 amide bonds. The zero-order valence-corrected chi connectivity index (χ0v) is 17.1. The topological polar surface area (TPSA) is 92.9 Å². The molecule has 1 unspecified atom stereocenters. The summed E-state index contributed by atoms with van der Waals surface area (Å²) < 4.78 is 23.9. The van der Waals surface area contributed by atoms with Crippen molar-refractivity contribution in [2.24, 2.45) is 0 Å². The third kappa shape index (κ3) is 3.78. The highest BCUT2D eigenvalue weighted by Gasteiger charge is 2.48. The average Bonchev–Trinajstić information content (AvgIpc) is 3.33. The standard InChI is InChI=1S/C24H19FN2O5/c1-3-12-31-18-10-6-15(7-11-18)21-20(22(28)16-4-8-17(25)9-5-16)23(29)24(30)27(21)19-13-14(2)32-26-19/h3-11,13,21,28H,1,12H2,2H3. The molecule has 32 heavy (non-hydrogen) atoms. The Kier molecular flexibility index (Phi) is 5.59. The number of Topliss-reactive ketones (excluding diaryl/α,β-unsaturated/α-hetero) is 1. The molecule has 0 spiro atoms. The highest BCUT2D eigenvalue weighted by atomic mass is 19.1. The minimum Gasteiger partial charge on any atom is -0.507 e. The Morgan fingerprint density at radius 2 is 1.91 bits per heavy atom. The first-order valence-electron chi connectivity index (χ1n) is 9.74. The number of rotatable bonds is 6. The fraction of sp³-hybridized carbons (Fsp3) is 0.125. The highest BCUT2D eigenvalue weighted by molar-refractivity contribution is 6.51. The number of aryl methyl sites for hydroxylation is 1. The Morgan fingerprint density at radius 3 is 2.50 bits per heavy atom. The maximum absolute atomic E-state index is 13.4. The molecule has 7 nitrogen and oxygen atoms in total. The van der Waals surface area contributed by atoms with Gasteiger partial charge in [-0.25, -0.2) is 4.39 Å². The average molecular weight is 434 g/mol. The Hall–Kier alpha value is -4.20. The van der Waals surface area contributed by atoms with Crippen LogP contribution in [0.2, 0.25) is 0 Å². The predicted molar refractivity (Wildman–Crippen MR) is 115 cm³/mol. The summed E-state index contributed by atoms with van der Waals surface area (Å²) in [6.07, 6.45) is 1.61. The molecule has 1 aliphatic rings. The second kappa shape index (κ2) is 8.50. The number of hydrogen-bond acceptors (Lipinski definition) is 6. The number of aromatic nitrogens is 1. The second-order valence-corrected chi connectivity index (χ2v) is 7.14. The number of carbonyl (C=O) groups is 2. The van der Waals surface area contributed by atoms with Crippen LogP contribution >= 0.6 is 0 Å². The lowest BCUT2D eigenvalue weighted by molar-refractivity contribution is -0.132. The van der Waals surface area contributed by atoms with Crippen molar-refractivity contribution >= 4 is 23.3 Å². The number of aliphatic hydroxyl groups is 1. The zero-order valence-electron chi connectivity index (χ0n) is 17.1. The molecule has 1 saturated heterocycles. The Morgan fingerprint density at radius 1 is 1.22 bits per heavy atom. The van der Waals surface area contributed by atoms with Crippen molar-refractivity contribution in [1.29, 1.82) is 0 Å². The maximum Gasteiger partial charge on any atom is 0.301 e. The third-order valence-corrected chi connectivity index (χ3v) is 4.99. The van der Waals surface area contributed by atoms with Gasteiger partial charge in [-0.1, -0.05) is 29.9 Å². The lowest BCUT2D eigenvalue weighted by Gasteiger charge is -2.23. The number of ether oxygens (including phenoxy) is 1. The first kappa shape index (κ1) is 21.0. The number of nitrogens with zero attached hydrogens (tertiary/aromatic N) is 2. The van der Waals surface area contributed by atoms with Crippen LogP contribution in [0.3, 0.4) is 0 Å². The van der Waals surface area contributed by atoms with Crippen molar-refractivity contribution < 1.29 is 28.3 Å². The van der Waals surface area contributed by atoms with Gasteiger partial charge in [0.2, 0.25) is 0 Å².